The van der Waals surface area contributed by atoms with Crippen molar-refractivity contribution >= 4 is 49.3 Å². The lowest BCUT2D eigenvalue weighted by atomic mass is 9.85. The van der Waals surface area contributed by atoms with Gasteiger partial charge in [0.15, 0.2) is 0 Å². The lowest BCUT2D eigenvalue weighted by Crippen LogP contribution is -2.10. The maximum Gasteiger partial charge on any atom is 0.212 e. The van der Waals surface area contributed by atoms with Crippen LogP contribution in [0.5, 0.6) is 0 Å². The van der Waals surface area contributed by atoms with Gasteiger partial charge in [-0.2, -0.15) is 5.26 Å². The predicted octanol–water partition coefficient (Wildman–Crippen LogP) is 12.6. The summed E-state index contributed by atoms with van der Waals surface area (Å²) in [6.45, 7) is 21.8. The summed E-state index contributed by atoms with van der Waals surface area (Å²) in [5, 5.41) is 14.7. The number of aromatic nitrogens is 2. The zero-order valence-electron chi connectivity index (χ0n) is 29.3. The lowest BCUT2D eigenvalue weighted by Gasteiger charge is -2.19. The molecule has 0 saturated carbocycles. The van der Waals surface area contributed by atoms with Crippen LogP contribution >= 0.6 is 0 Å². The molecular formula is C46H38N4. The van der Waals surface area contributed by atoms with Crippen molar-refractivity contribution in [3.8, 4) is 28.6 Å². The number of para-hydroxylation sites is 3. The third-order valence-electron chi connectivity index (χ3n) is 10.1. The maximum atomic E-state index is 10.1. The molecule has 0 aliphatic rings. The molecule has 0 unspecified atom stereocenters. The number of benzene rings is 6. The smallest absolute Gasteiger partial charge is 0.212 e. The Morgan fingerprint density at radius 1 is 0.540 bits per heavy atom. The molecule has 4 nitrogen and oxygen atoms in total. The Hall–Kier alpha value is -6.10. The van der Waals surface area contributed by atoms with Gasteiger partial charge in [0.1, 0.15) is 0 Å². The Labute approximate surface area is 293 Å². The molecule has 8 aromatic rings. The summed E-state index contributed by atoms with van der Waals surface area (Å²) in [5.74, 6) is 0. The topological polar surface area (TPSA) is 38.0 Å². The molecule has 4 heteroatoms. The van der Waals surface area contributed by atoms with Crippen LogP contribution < -0.4 is 0 Å². The van der Waals surface area contributed by atoms with Crippen LogP contribution in [0.3, 0.4) is 0 Å². The van der Waals surface area contributed by atoms with E-state index in [-0.39, 0.29) is 10.8 Å². The summed E-state index contributed by atoms with van der Waals surface area (Å²) in [6, 6.07) is 45.1. The molecule has 0 amide bonds. The third-order valence-corrected chi connectivity index (χ3v) is 10.1. The number of fused-ring (bicyclic) bond motifs is 6. The minimum Gasteiger partial charge on any atom is -0.309 e. The highest BCUT2D eigenvalue weighted by Crippen LogP contribution is 2.45. The molecule has 0 saturated heterocycles. The summed E-state index contributed by atoms with van der Waals surface area (Å²) < 4.78 is 4.68. The van der Waals surface area contributed by atoms with Crippen molar-refractivity contribution in [2.24, 2.45) is 0 Å². The van der Waals surface area contributed by atoms with E-state index in [0.29, 0.717) is 11.3 Å². The van der Waals surface area contributed by atoms with Crippen LogP contribution in [0.15, 0.2) is 121 Å². The highest BCUT2D eigenvalue weighted by Gasteiger charge is 2.24. The molecule has 0 atom stereocenters. The highest BCUT2D eigenvalue weighted by atomic mass is 15.0. The van der Waals surface area contributed by atoms with Gasteiger partial charge in [-0.25, -0.2) is 4.85 Å². The zero-order valence-corrected chi connectivity index (χ0v) is 29.3. The summed E-state index contributed by atoms with van der Waals surface area (Å²) >= 11 is 0. The molecule has 2 heterocycles. The van der Waals surface area contributed by atoms with Crippen LogP contribution in [0.4, 0.5) is 5.69 Å². The fourth-order valence-corrected chi connectivity index (χ4v) is 7.47. The van der Waals surface area contributed by atoms with E-state index in [4.69, 9.17) is 6.57 Å². The third kappa shape index (κ3) is 4.80. The fourth-order valence-electron chi connectivity index (χ4n) is 7.47. The molecule has 0 bridgehead atoms. The molecule has 0 fully saturated rings. The summed E-state index contributed by atoms with van der Waals surface area (Å²) in [6.07, 6.45) is 0. The van der Waals surface area contributed by atoms with E-state index in [1.165, 1.54) is 21.9 Å². The van der Waals surface area contributed by atoms with Crippen LogP contribution in [-0.4, -0.2) is 9.13 Å². The normalized spacial score (nSPS) is 12.2. The first kappa shape index (κ1) is 31.2. The molecule has 50 heavy (non-hydrogen) atoms. The van der Waals surface area contributed by atoms with Crippen LogP contribution in [0, 0.1) is 17.9 Å². The summed E-state index contributed by atoms with van der Waals surface area (Å²) in [5.41, 5.74) is 11.4. The Kier molecular flexibility index (Phi) is 7.00. The van der Waals surface area contributed by atoms with Gasteiger partial charge in [-0.15, -0.1) is 0 Å². The van der Waals surface area contributed by atoms with E-state index in [9.17, 15) is 5.26 Å². The van der Waals surface area contributed by atoms with Crippen LogP contribution in [0.2, 0.25) is 0 Å². The van der Waals surface area contributed by atoms with Gasteiger partial charge in [-0.1, -0.05) is 108 Å². The molecule has 0 N–H and O–H groups in total. The predicted molar refractivity (Wildman–Crippen MR) is 209 cm³/mol. The van der Waals surface area contributed by atoms with E-state index in [2.05, 4.69) is 159 Å². The minimum absolute atomic E-state index is 0.00246. The average Bonchev–Trinajstić information content (AvgIpc) is 3.62. The number of rotatable bonds is 3. The SMILES string of the molecule is [C-]#[N+]c1c(C#N)cccc1-c1cc(-n2c3ccc(C(C)(C)C)cc3c3cc(C(C)(C)C)ccc32)cc2c3ccccc3n(-c3ccccc3)c12. The van der Waals surface area contributed by atoms with Crippen LogP contribution in [0.1, 0.15) is 58.2 Å². The van der Waals surface area contributed by atoms with Gasteiger partial charge in [-0.3, -0.25) is 0 Å². The quantitative estimate of drug-likeness (QED) is 0.176. The second-order valence-corrected chi connectivity index (χ2v) is 15.3. The first-order valence-electron chi connectivity index (χ1n) is 17.1. The largest absolute Gasteiger partial charge is 0.309 e. The van der Waals surface area contributed by atoms with Crippen molar-refractivity contribution in [1.82, 2.24) is 9.13 Å². The molecule has 8 rings (SSSR count). The Morgan fingerprint density at radius 3 is 1.74 bits per heavy atom. The molecule has 0 aliphatic carbocycles. The summed E-state index contributed by atoms with van der Waals surface area (Å²) in [7, 11) is 0. The van der Waals surface area contributed by atoms with Gasteiger partial charge >= 0.3 is 0 Å². The van der Waals surface area contributed by atoms with Crippen LogP contribution in [-0.2, 0) is 10.8 Å². The van der Waals surface area contributed by atoms with Crippen molar-refractivity contribution in [3.05, 3.63) is 149 Å². The molecule has 6 aromatic carbocycles. The standard InChI is InChI=1S/C46H38N4/c1-45(2,3)30-20-22-41-36(24-30)37-25-31(46(4,5)6)21-23-42(37)49(41)33-26-38-34-17-11-12-19-40(34)50(32-15-9-8-10-16-32)44(38)39(27-33)35-18-13-14-29(28-47)43(35)48-7/h8-27H,1-6H3. The zero-order chi connectivity index (χ0) is 34.9. The Balaban J connectivity index is 1.57. The van der Waals surface area contributed by atoms with E-state index in [0.717, 1.165) is 55.3 Å². The van der Waals surface area contributed by atoms with E-state index >= 15 is 0 Å². The van der Waals surface area contributed by atoms with Gasteiger partial charge in [0.2, 0.25) is 5.69 Å². The van der Waals surface area contributed by atoms with Gasteiger partial charge < -0.3 is 9.13 Å². The number of hydrogen-bond donors (Lipinski definition) is 0. The Bertz CT molecular complexity index is 2660. The molecule has 2 aromatic heterocycles. The minimum atomic E-state index is -0.00246. The van der Waals surface area contributed by atoms with Crippen molar-refractivity contribution in [1.29, 1.82) is 5.26 Å². The van der Waals surface area contributed by atoms with Crippen molar-refractivity contribution in [2.45, 2.75) is 52.4 Å². The van der Waals surface area contributed by atoms with Crippen molar-refractivity contribution in [3.63, 3.8) is 0 Å². The summed E-state index contributed by atoms with van der Waals surface area (Å²) in [4.78, 5) is 3.95. The molecule has 0 spiro atoms. The second-order valence-electron chi connectivity index (χ2n) is 15.3. The van der Waals surface area contributed by atoms with E-state index in [1.54, 1.807) is 6.07 Å². The van der Waals surface area contributed by atoms with E-state index < -0.39 is 0 Å². The molecular weight excluding hydrogens is 609 g/mol. The van der Waals surface area contributed by atoms with Crippen LogP contribution in [0.25, 0.3) is 71.0 Å². The van der Waals surface area contributed by atoms with Gasteiger partial charge in [-0.05, 0) is 87.7 Å². The first-order valence-corrected chi connectivity index (χ1v) is 17.1. The molecule has 0 aliphatic heterocycles. The average molecular weight is 647 g/mol. The second kappa shape index (κ2) is 11.2. The highest BCUT2D eigenvalue weighted by molar-refractivity contribution is 6.16. The van der Waals surface area contributed by atoms with Gasteiger partial charge in [0.25, 0.3) is 0 Å². The Morgan fingerprint density at radius 2 is 1.14 bits per heavy atom. The first-order chi connectivity index (χ1) is 24.0. The number of nitriles is 1. The maximum absolute atomic E-state index is 10.1. The van der Waals surface area contributed by atoms with Gasteiger partial charge in [0.05, 0.1) is 40.3 Å². The monoisotopic (exact) mass is 646 g/mol. The molecule has 242 valence electrons. The fraction of sp³-hybridized carbons (Fsp3) is 0.174. The van der Waals surface area contributed by atoms with Crippen molar-refractivity contribution in [2.75, 3.05) is 0 Å². The van der Waals surface area contributed by atoms with Crippen molar-refractivity contribution < 1.29 is 0 Å². The van der Waals surface area contributed by atoms with Gasteiger partial charge in [0, 0.05) is 32.9 Å². The van der Waals surface area contributed by atoms with E-state index in [1.807, 2.05) is 18.2 Å². The lowest BCUT2D eigenvalue weighted by molar-refractivity contribution is 0.590. The molecule has 0 radical (unpaired) electrons. The number of nitrogens with zero attached hydrogens (tertiary/aromatic N) is 4. The number of hydrogen-bond acceptors (Lipinski definition) is 1.